The van der Waals surface area contributed by atoms with Crippen molar-refractivity contribution in [1.29, 1.82) is 0 Å². The van der Waals surface area contributed by atoms with Crippen LogP contribution in [0, 0.1) is 5.82 Å². The summed E-state index contributed by atoms with van der Waals surface area (Å²) < 4.78 is 30.8. The highest BCUT2D eigenvalue weighted by Crippen LogP contribution is 2.35. The van der Waals surface area contributed by atoms with E-state index in [4.69, 9.17) is 25.8 Å². The predicted molar refractivity (Wildman–Crippen MR) is 116 cm³/mol. The summed E-state index contributed by atoms with van der Waals surface area (Å²) in [5.74, 6) is 1.44. The smallest absolute Gasteiger partial charge is 0.213 e. The van der Waals surface area contributed by atoms with Gasteiger partial charge in [-0.3, -0.25) is 0 Å². The molecular weight excluding hydrogens is 423 g/mol. The molecule has 1 N–H and O–H groups in total. The largest absolute Gasteiger partial charge is 0.493 e. The second kappa shape index (κ2) is 9.01. The number of nitrogens with one attached hydrogen (secondary N) is 1. The van der Waals surface area contributed by atoms with Crippen molar-refractivity contribution in [3.05, 3.63) is 71.4 Å². The fraction of sp³-hybridized carbons (Fsp3) is 0.136. The van der Waals surface area contributed by atoms with Crippen molar-refractivity contribution in [2.45, 2.75) is 6.61 Å². The summed E-state index contributed by atoms with van der Waals surface area (Å²) in [5.41, 5.74) is 1.74. The van der Waals surface area contributed by atoms with E-state index in [1.807, 2.05) is 6.07 Å². The fourth-order valence-corrected chi connectivity index (χ4v) is 3.13. The molecule has 0 fully saturated rings. The van der Waals surface area contributed by atoms with E-state index in [9.17, 15) is 4.39 Å². The summed E-state index contributed by atoms with van der Waals surface area (Å²) in [6, 6.07) is 11.5. The van der Waals surface area contributed by atoms with E-state index in [0.717, 1.165) is 5.56 Å². The lowest BCUT2D eigenvalue weighted by molar-refractivity contribution is 0.284. The molecule has 0 saturated heterocycles. The predicted octanol–water partition coefficient (Wildman–Crippen LogP) is 5.16. The maximum absolute atomic E-state index is 14.2. The van der Waals surface area contributed by atoms with Crippen molar-refractivity contribution in [3.8, 4) is 17.4 Å². The second-order valence-corrected chi connectivity index (χ2v) is 6.92. The van der Waals surface area contributed by atoms with E-state index in [1.165, 1.54) is 12.4 Å². The number of pyridine rings is 1. The molecule has 0 aliphatic carbocycles. The first kappa shape index (κ1) is 20.6. The molecule has 7 nitrogen and oxygen atoms in total. The van der Waals surface area contributed by atoms with Crippen molar-refractivity contribution >= 4 is 34.0 Å². The van der Waals surface area contributed by atoms with E-state index in [2.05, 4.69) is 20.3 Å². The van der Waals surface area contributed by atoms with E-state index in [-0.39, 0.29) is 12.3 Å². The van der Waals surface area contributed by atoms with Gasteiger partial charge in [0.15, 0.2) is 11.5 Å². The molecule has 2 aromatic heterocycles. The number of anilines is 2. The number of benzene rings is 2. The van der Waals surface area contributed by atoms with Gasteiger partial charge in [-0.05, 0) is 35.9 Å². The number of fused-ring (bicyclic) bond motifs is 1. The van der Waals surface area contributed by atoms with Crippen LogP contribution in [-0.2, 0) is 6.61 Å². The molecule has 0 spiro atoms. The monoisotopic (exact) mass is 440 g/mol. The molecule has 0 unspecified atom stereocenters. The Labute approximate surface area is 182 Å². The number of halogens is 2. The van der Waals surface area contributed by atoms with Gasteiger partial charge in [0.25, 0.3) is 0 Å². The van der Waals surface area contributed by atoms with Crippen LogP contribution >= 0.6 is 11.6 Å². The Hall–Kier alpha value is -3.65. The Morgan fingerprint density at radius 3 is 2.61 bits per heavy atom. The first-order valence-corrected chi connectivity index (χ1v) is 9.61. The van der Waals surface area contributed by atoms with Crippen LogP contribution in [0.25, 0.3) is 10.9 Å². The molecule has 0 atom stereocenters. The maximum Gasteiger partial charge on any atom is 0.213 e. The number of rotatable bonds is 7. The van der Waals surface area contributed by atoms with E-state index >= 15 is 0 Å². The molecule has 4 rings (SSSR count). The van der Waals surface area contributed by atoms with Gasteiger partial charge in [-0.15, -0.1) is 0 Å². The molecule has 9 heteroatoms. The average Bonchev–Trinajstić information content (AvgIpc) is 2.79. The first-order valence-electron chi connectivity index (χ1n) is 9.24. The number of nitrogens with zero attached hydrogens (tertiary/aromatic N) is 3. The molecule has 0 amide bonds. The van der Waals surface area contributed by atoms with Gasteiger partial charge in [0, 0.05) is 28.7 Å². The summed E-state index contributed by atoms with van der Waals surface area (Å²) in [4.78, 5) is 12.6. The van der Waals surface area contributed by atoms with Gasteiger partial charge in [-0.2, -0.15) is 0 Å². The van der Waals surface area contributed by atoms with Crippen LogP contribution in [-0.4, -0.2) is 29.2 Å². The maximum atomic E-state index is 14.2. The molecule has 158 valence electrons. The SMILES string of the molecule is COc1cc(COc2cc3ncnc(Nc4ccc(Cl)cc4F)c3cc2OC)ccn1. The standard InChI is InChI=1S/C22H18ClFN4O3/c1-29-19-9-15-18(10-20(19)31-11-13-5-6-25-21(7-13)30-2)26-12-27-22(15)28-17-4-3-14(23)8-16(17)24/h3-10,12H,11H2,1-2H3,(H,26,27,28). The Kier molecular flexibility index (Phi) is 5.99. The van der Waals surface area contributed by atoms with Crippen LogP contribution in [0.2, 0.25) is 5.02 Å². The Morgan fingerprint density at radius 1 is 0.968 bits per heavy atom. The number of ether oxygens (including phenoxy) is 3. The molecular formula is C22H18ClFN4O3. The van der Waals surface area contributed by atoms with Gasteiger partial charge >= 0.3 is 0 Å². The Balaban J connectivity index is 1.64. The highest BCUT2D eigenvalue weighted by Gasteiger charge is 2.13. The first-order chi connectivity index (χ1) is 15.1. The lowest BCUT2D eigenvalue weighted by Crippen LogP contribution is -2.01. The summed E-state index contributed by atoms with van der Waals surface area (Å²) >= 11 is 5.83. The highest BCUT2D eigenvalue weighted by atomic mass is 35.5. The molecule has 0 aliphatic rings. The van der Waals surface area contributed by atoms with Gasteiger partial charge in [0.2, 0.25) is 5.88 Å². The molecule has 2 heterocycles. The van der Waals surface area contributed by atoms with Gasteiger partial charge in [-0.1, -0.05) is 11.6 Å². The number of hydrogen-bond acceptors (Lipinski definition) is 7. The minimum Gasteiger partial charge on any atom is -0.493 e. The third-order valence-electron chi connectivity index (χ3n) is 4.51. The van der Waals surface area contributed by atoms with Gasteiger partial charge in [0.05, 0.1) is 25.4 Å². The van der Waals surface area contributed by atoms with Crippen molar-refractivity contribution < 1.29 is 18.6 Å². The van der Waals surface area contributed by atoms with Crippen LogP contribution in [0.5, 0.6) is 17.4 Å². The van der Waals surface area contributed by atoms with Gasteiger partial charge in [-0.25, -0.2) is 19.3 Å². The van der Waals surface area contributed by atoms with E-state index in [1.54, 1.807) is 50.7 Å². The van der Waals surface area contributed by atoms with Crippen molar-refractivity contribution in [2.75, 3.05) is 19.5 Å². The quantitative estimate of drug-likeness (QED) is 0.425. The van der Waals surface area contributed by atoms with E-state index < -0.39 is 5.82 Å². The number of aromatic nitrogens is 3. The van der Waals surface area contributed by atoms with Crippen LogP contribution in [0.1, 0.15) is 5.56 Å². The summed E-state index contributed by atoms with van der Waals surface area (Å²) in [6.45, 7) is 0.285. The van der Waals surface area contributed by atoms with Gasteiger partial charge < -0.3 is 19.5 Å². The molecule has 4 aromatic rings. The van der Waals surface area contributed by atoms with Crippen LogP contribution < -0.4 is 19.5 Å². The van der Waals surface area contributed by atoms with E-state index in [0.29, 0.717) is 39.1 Å². The van der Waals surface area contributed by atoms with Crippen LogP contribution in [0.4, 0.5) is 15.9 Å². The Bertz CT molecular complexity index is 1240. The molecule has 0 aliphatic heterocycles. The molecule has 2 aromatic carbocycles. The lowest BCUT2D eigenvalue weighted by Gasteiger charge is -2.14. The Morgan fingerprint density at radius 2 is 1.84 bits per heavy atom. The zero-order valence-corrected chi connectivity index (χ0v) is 17.5. The zero-order valence-electron chi connectivity index (χ0n) is 16.7. The molecule has 0 bridgehead atoms. The summed E-state index contributed by atoms with van der Waals surface area (Å²) in [7, 11) is 3.10. The second-order valence-electron chi connectivity index (χ2n) is 6.49. The van der Waals surface area contributed by atoms with Crippen molar-refractivity contribution in [3.63, 3.8) is 0 Å². The topological polar surface area (TPSA) is 78.4 Å². The summed E-state index contributed by atoms with van der Waals surface area (Å²) in [6.07, 6.45) is 3.04. The normalized spacial score (nSPS) is 10.7. The fourth-order valence-electron chi connectivity index (χ4n) is 2.97. The minimum atomic E-state index is -0.487. The molecule has 0 saturated carbocycles. The zero-order chi connectivity index (χ0) is 21.8. The lowest BCUT2D eigenvalue weighted by atomic mass is 10.2. The van der Waals surface area contributed by atoms with Gasteiger partial charge in [0.1, 0.15) is 24.6 Å². The number of methoxy groups -OCH3 is 2. The highest BCUT2D eigenvalue weighted by molar-refractivity contribution is 6.30. The molecule has 0 radical (unpaired) electrons. The average molecular weight is 441 g/mol. The van der Waals surface area contributed by atoms with Crippen molar-refractivity contribution in [1.82, 2.24) is 15.0 Å². The number of hydrogen-bond donors (Lipinski definition) is 1. The summed E-state index contributed by atoms with van der Waals surface area (Å²) in [5, 5.41) is 3.94. The third kappa shape index (κ3) is 4.59. The van der Waals surface area contributed by atoms with Crippen LogP contribution in [0.3, 0.4) is 0 Å². The van der Waals surface area contributed by atoms with Crippen molar-refractivity contribution in [2.24, 2.45) is 0 Å². The van der Waals surface area contributed by atoms with Crippen LogP contribution in [0.15, 0.2) is 55.0 Å². The third-order valence-corrected chi connectivity index (χ3v) is 4.74. The minimum absolute atomic E-state index is 0.246. The molecule has 31 heavy (non-hydrogen) atoms.